The molecule has 2 rings (SSSR count). The molecular weight excluding hydrogens is 219 g/mol. The molecule has 1 heterocycles. The highest BCUT2D eigenvalue weighted by molar-refractivity contribution is 5.20. The molecule has 0 amide bonds. The molecule has 1 atom stereocenters. The number of hydrogen-bond donors (Lipinski definition) is 1. The minimum atomic E-state index is -0.233. The molecule has 1 saturated heterocycles. The molecule has 1 aromatic rings. The van der Waals surface area contributed by atoms with E-state index >= 15 is 0 Å². The quantitative estimate of drug-likeness (QED) is 0.854. The molecule has 1 unspecified atom stereocenters. The van der Waals surface area contributed by atoms with Gasteiger partial charge in [0.25, 0.3) is 0 Å². The topological polar surface area (TPSA) is 26.7 Å². The number of aliphatic hydroxyl groups is 1. The SMILES string of the molecule is CN1CCN(C(CO)c2ccc(F)cc2)CC1. The number of rotatable bonds is 3. The summed E-state index contributed by atoms with van der Waals surface area (Å²) >= 11 is 0. The predicted molar refractivity (Wildman–Crippen MR) is 65.3 cm³/mol. The molecule has 1 N–H and O–H groups in total. The van der Waals surface area contributed by atoms with Crippen molar-refractivity contribution < 1.29 is 9.50 Å². The van der Waals surface area contributed by atoms with Crippen LogP contribution in [0.4, 0.5) is 4.39 Å². The van der Waals surface area contributed by atoms with Gasteiger partial charge in [-0.2, -0.15) is 0 Å². The van der Waals surface area contributed by atoms with Crippen molar-refractivity contribution in [3.63, 3.8) is 0 Å². The summed E-state index contributed by atoms with van der Waals surface area (Å²) in [6.07, 6.45) is 0. The van der Waals surface area contributed by atoms with Gasteiger partial charge in [-0.25, -0.2) is 4.39 Å². The Morgan fingerprint density at radius 1 is 1.18 bits per heavy atom. The molecular formula is C13H19FN2O. The lowest BCUT2D eigenvalue weighted by molar-refractivity contribution is 0.0748. The Balaban J connectivity index is 2.08. The van der Waals surface area contributed by atoms with Crippen molar-refractivity contribution in [3.05, 3.63) is 35.6 Å². The molecule has 4 heteroatoms. The van der Waals surface area contributed by atoms with Gasteiger partial charge in [0.1, 0.15) is 5.82 Å². The van der Waals surface area contributed by atoms with Crippen molar-refractivity contribution in [2.45, 2.75) is 6.04 Å². The van der Waals surface area contributed by atoms with Crippen molar-refractivity contribution in [3.8, 4) is 0 Å². The van der Waals surface area contributed by atoms with Gasteiger partial charge >= 0.3 is 0 Å². The zero-order valence-corrected chi connectivity index (χ0v) is 10.1. The van der Waals surface area contributed by atoms with Crippen molar-refractivity contribution in [2.24, 2.45) is 0 Å². The molecule has 0 aliphatic carbocycles. The van der Waals surface area contributed by atoms with Crippen LogP contribution in [-0.4, -0.2) is 54.7 Å². The zero-order chi connectivity index (χ0) is 12.3. The monoisotopic (exact) mass is 238 g/mol. The van der Waals surface area contributed by atoms with Crippen LogP contribution in [0.15, 0.2) is 24.3 Å². The summed E-state index contributed by atoms with van der Waals surface area (Å²) in [6, 6.07) is 6.41. The summed E-state index contributed by atoms with van der Waals surface area (Å²) in [5, 5.41) is 9.52. The lowest BCUT2D eigenvalue weighted by atomic mass is 10.1. The molecule has 3 nitrogen and oxygen atoms in total. The third kappa shape index (κ3) is 3.03. The lowest BCUT2D eigenvalue weighted by Crippen LogP contribution is -2.46. The molecule has 0 aromatic heterocycles. The zero-order valence-electron chi connectivity index (χ0n) is 10.1. The fraction of sp³-hybridized carbons (Fsp3) is 0.538. The van der Waals surface area contributed by atoms with Crippen molar-refractivity contribution in [1.82, 2.24) is 9.80 Å². The smallest absolute Gasteiger partial charge is 0.123 e. The van der Waals surface area contributed by atoms with E-state index in [1.54, 1.807) is 12.1 Å². The molecule has 1 aromatic carbocycles. The van der Waals surface area contributed by atoms with Crippen LogP contribution in [0.5, 0.6) is 0 Å². The highest BCUT2D eigenvalue weighted by Gasteiger charge is 2.23. The van der Waals surface area contributed by atoms with E-state index in [1.165, 1.54) is 12.1 Å². The average molecular weight is 238 g/mol. The van der Waals surface area contributed by atoms with Gasteiger partial charge in [0.15, 0.2) is 0 Å². The molecule has 17 heavy (non-hydrogen) atoms. The summed E-state index contributed by atoms with van der Waals surface area (Å²) < 4.78 is 12.9. The van der Waals surface area contributed by atoms with E-state index in [-0.39, 0.29) is 18.5 Å². The number of nitrogens with zero attached hydrogens (tertiary/aromatic N) is 2. The number of benzene rings is 1. The van der Waals surface area contributed by atoms with E-state index in [9.17, 15) is 9.50 Å². The fourth-order valence-electron chi connectivity index (χ4n) is 2.25. The number of piperazine rings is 1. The van der Waals surface area contributed by atoms with E-state index < -0.39 is 0 Å². The first-order valence-corrected chi connectivity index (χ1v) is 5.99. The third-order valence-electron chi connectivity index (χ3n) is 3.41. The van der Waals surface area contributed by atoms with E-state index in [1.807, 2.05) is 0 Å². The van der Waals surface area contributed by atoms with Gasteiger partial charge in [0.05, 0.1) is 12.6 Å². The Hall–Kier alpha value is -0.970. The highest BCUT2D eigenvalue weighted by atomic mass is 19.1. The summed E-state index contributed by atoms with van der Waals surface area (Å²) in [5.41, 5.74) is 0.985. The van der Waals surface area contributed by atoms with Gasteiger partial charge in [0.2, 0.25) is 0 Å². The van der Waals surface area contributed by atoms with Gasteiger partial charge < -0.3 is 10.0 Å². The molecule has 1 aliphatic rings. The molecule has 1 aliphatic heterocycles. The summed E-state index contributed by atoms with van der Waals surface area (Å²) in [4.78, 5) is 4.53. The van der Waals surface area contributed by atoms with Crippen LogP contribution in [-0.2, 0) is 0 Å². The summed E-state index contributed by atoms with van der Waals surface area (Å²) in [5.74, 6) is -0.233. The average Bonchev–Trinajstić information content (AvgIpc) is 2.35. The first-order valence-electron chi connectivity index (χ1n) is 5.99. The maximum absolute atomic E-state index is 12.9. The minimum absolute atomic E-state index is 0.00991. The van der Waals surface area contributed by atoms with Crippen LogP contribution >= 0.6 is 0 Å². The van der Waals surface area contributed by atoms with Gasteiger partial charge in [-0.15, -0.1) is 0 Å². The molecule has 94 valence electrons. The molecule has 0 bridgehead atoms. The maximum Gasteiger partial charge on any atom is 0.123 e. The highest BCUT2D eigenvalue weighted by Crippen LogP contribution is 2.21. The largest absolute Gasteiger partial charge is 0.394 e. The van der Waals surface area contributed by atoms with Crippen LogP contribution in [0.25, 0.3) is 0 Å². The second kappa shape index (κ2) is 5.58. The first kappa shape index (κ1) is 12.5. The van der Waals surface area contributed by atoms with Gasteiger partial charge in [-0.3, -0.25) is 4.90 Å². The Kier molecular flexibility index (Phi) is 4.10. The minimum Gasteiger partial charge on any atom is -0.394 e. The normalized spacial score (nSPS) is 20.4. The third-order valence-corrected chi connectivity index (χ3v) is 3.41. The predicted octanol–water partition coefficient (Wildman–Crippen LogP) is 1.11. The van der Waals surface area contributed by atoms with Gasteiger partial charge in [-0.05, 0) is 24.7 Å². The Labute approximate surface area is 101 Å². The van der Waals surface area contributed by atoms with Gasteiger partial charge in [-0.1, -0.05) is 12.1 Å². The second-order valence-electron chi connectivity index (χ2n) is 4.59. The molecule has 0 radical (unpaired) electrons. The van der Waals surface area contributed by atoms with Crippen LogP contribution in [0.1, 0.15) is 11.6 Å². The second-order valence-corrected chi connectivity index (χ2v) is 4.59. The van der Waals surface area contributed by atoms with Crippen molar-refractivity contribution in [2.75, 3.05) is 39.8 Å². The summed E-state index contributed by atoms with van der Waals surface area (Å²) in [7, 11) is 2.10. The van der Waals surface area contributed by atoms with Crippen LogP contribution in [0.3, 0.4) is 0 Å². The maximum atomic E-state index is 12.9. The summed E-state index contributed by atoms with van der Waals surface area (Å²) in [6.45, 7) is 3.99. The Morgan fingerprint density at radius 2 is 1.76 bits per heavy atom. The van der Waals surface area contributed by atoms with Crippen molar-refractivity contribution in [1.29, 1.82) is 0 Å². The fourth-order valence-corrected chi connectivity index (χ4v) is 2.25. The number of hydrogen-bond acceptors (Lipinski definition) is 3. The van der Waals surface area contributed by atoms with E-state index in [0.29, 0.717) is 0 Å². The number of halogens is 1. The van der Waals surface area contributed by atoms with E-state index in [0.717, 1.165) is 31.7 Å². The lowest BCUT2D eigenvalue weighted by Gasteiger charge is -2.37. The standard InChI is InChI=1S/C13H19FN2O/c1-15-6-8-16(9-7-15)13(10-17)11-2-4-12(14)5-3-11/h2-5,13,17H,6-10H2,1H3. The number of aliphatic hydroxyl groups excluding tert-OH is 1. The molecule has 0 saturated carbocycles. The Morgan fingerprint density at radius 3 is 2.29 bits per heavy atom. The molecule has 1 fully saturated rings. The van der Waals surface area contributed by atoms with Crippen LogP contribution < -0.4 is 0 Å². The molecule has 0 spiro atoms. The van der Waals surface area contributed by atoms with Gasteiger partial charge in [0, 0.05) is 26.2 Å². The Bertz CT molecular complexity index is 347. The van der Waals surface area contributed by atoms with E-state index in [2.05, 4.69) is 16.8 Å². The van der Waals surface area contributed by atoms with Crippen molar-refractivity contribution >= 4 is 0 Å². The number of likely N-dealkylation sites (N-methyl/N-ethyl adjacent to an activating group) is 1. The van der Waals surface area contributed by atoms with Crippen LogP contribution in [0.2, 0.25) is 0 Å². The van der Waals surface area contributed by atoms with E-state index in [4.69, 9.17) is 0 Å². The van der Waals surface area contributed by atoms with Crippen LogP contribution in [0, 0.1) is 5.82 Å². The first-order chi connectivity index (χ1) is 8.20.